The van der Waals surface area contributed by atoms with Crippen LogP contribution in [0.25, 0.3) is 6.08 Å². The second kappa shape index (κ2) is 5.50. The predicted octanol–water partition coefficient (Wildman–Crippen LogP) is 1.52. The van der Waals surface area contributed by atoms with E-state index in [9.17, 15) is 4.79 Å². The first-order valence-electron chi connectivity index (χ1n) is 5.48. The number of rotatable bonds is 3. The maximum absolute atomic E-state index is 11.7. The molecule has 1 heterocycles. The minimum Gasteiger partial charge on any atom is -0.497 e. The number of hydrogen-bond donors (Lipinski definition) is 0. The van der Waals surface area contributed by atoms with Gasteiger partial charge in [0.2, 0.25) is 5.91 Å². The van der Waals surface area contributed by atoms with Gasteiger partial charge in [0.25, 0.3) is 0 Å². The van der Waals surface area contributed by atoms with Crippen LogP contribution in [0.3, 0.4) is 0 Å². The van der Waals surface area contributed by atoms with Gasteiger partial charge in [-0.3, -0.25) is 4.79 Å². The fraction of sp³-hybridized carbons (Fsp3) is 0.308. The number of benzene rings is 1. The molecule has 0 unspecified atom stereocenters. The van der Waals surface area contributed by atoms with Crippen LogP contribution in [0.15, 0.2) is 30.3 Å². The molecule has 0 radical (unpaired) electrons. The van der Waals surface area contributed by atoms with E-state index in [4.69, 9.17) is 9.47 Å². The zero-order chi connectivity index (χ0) is 12.1. The van der Waals surface area contributed by atoms with Crippen LogP contribution in [0.2, 0.25) is 0 Å². The summed E-state index contributed by atoms with van der Waals surface area (Å²) < 4.78 is 10.2. The maximum Gasteiger partial charge on any atom is 0.248 e. The number of carbonyl (C=O) groups excluding carboxylic acids is 1. The van der Waals surface area contributed by atoms with Crippen LogP contribution < -0.4 is 4.74 Å². The third kappa shape index (κ3) is 3.07. The van der Waals surface area contributed by atoms with Gasteiger partial charge in [0.05, 0.1) is 13.7 Å². The molecule has 90 valence electrons. The molecular formula is C13H15NO3. The molecule has 1 aliphatic rings. The molecule has 0 saturated carbocycles. The van der Waals surface area contributed by atoms with E-state index in [2.05, 4.69) is 0 Å². The Bertz CT molecular complexity index is 422. The number of nitrogens with zero attached hydrogens (tertiary/aromatic N) is 1. The smallest absolute Gasteiger partial charge is 0.248 e. The van der Waals surface area contributed by atoms with Crippen molar-refractivity contribution in [2.24, 2.45) is 0 Å². The summed E-state index contributed by atoms with van der Waals surface area (Å²) in [7, 11) is 1.62. The molecule has 4 heteroatoms. The Morgan fingerprint density at radius 2 is 2.41 bits per heavy atom. The SMILES string of the molecule is COc1cccc(C=CC(=O)N2CCOC2)c1. The maximum atomic E-state index is 11.7. The van der Waals surface area contributed by atoms with E-state index in [1.807, 2.05) is 24.3 Å². The highest BCUT2D eigenvalue weighted by Gasteiger charge is 2.15. The molecule has 1 fully saturated rings. The monoisotopic (exact) mass is 233 g/mol. The molecule has 1 aromatic rings. The molecule has 1 aromatic carbocycles. The lowest BCUT2D eigenvalue weighted by molar-refractivity contribution is -0.126. The van der Waals surface area contributed by atoms with E-state index in [0.29, 0.717) is 19.9 Å². The van der Waals surface area contributed by atoms with E-state index in [0.717, 1.165) is 11.3 Å². The fourth-order valence-corrected chi connectivity index (χ4v) is 1.61. The molecular weight excluding hydrogens is 218 g/mol. The molecule has 2 rings (SSSR count). The Morgan fingerprint density at radius 1 is 1.53 bits per heavy atom. The Hall–Kier alpha value is -1.81. The van der Waals surface area contributed by atoms with E-state index in [1.54, 1.807) is 24.2 Å². The summed E-state index contributed by atoms with van der Waals surface area (Å²) in [5.74, 6) is 0.759. The van der Waals surface area contributed by atoms with Crippen LogP contribution in [-0.4, -0.2) is 37.8 Å². The second-order valence-electron chi connectivity index (χ2n) is 3.75. The largest absolute Gasteiger partial charge is 0.497 e. The summed E-state index contributed by atoms with van der Waals surface area (Å²) in [6, 6.07) is 7.56. The van der Waals surface area contributed by atoms with E-state index in [1.165, 1.54) is 0 Å². The van der Waals surface area contributed by atoms with Gasteiger partial charge in [-0.05, 0) is 23.8 Å². The summed E-state index contributed by atoms with van der Waals surface area (Å²) in [6.07, 6.45) is 3.34. The summed E-state index contributed by atoms with van der Waals surface area (Å²) in [6.45, 7) is 1.68. The average Bonchev–Trinajstić information content (AvgIpc) is 2.90. The number of ether oxygens (including phenoxy) is 2. The van der Waals surface area contributed by atoms with Crippen molar-refractivity contribution in [3.05, 3.63) is 35.9 Å². The van der Waals surface area contributed by atoms with E-state index >= 15 is 0 Å². The van der Waals surface area contributed by atoms with Crippen molar-refractivity contribution in [2.75, 3.05) is 27.0 Å². The standard InChI is InChI=1S/C13H15NO3/c1-16-12-4-2-3-11(9-12)5-6-13(15)14-7-8-17-10-14/h2-6,9H,7-8,10H2,1H3. The number of hydrogen-bond acceptors (Lipinski definition) is 3. The lowest BCUT2D eigenvalue weighted by Crippen LogP contribution is -2.26. The third-order valence-corrected chi connectivity index (χ3v) is 2.58. The van der Waals surface area contributed by atoms with Gasteiger partial charge in [-0.25, -0.2) is 0 Å². The first-order valence-corrected chi connectivity index (χ1v) is 5.48. The highest BCUT2D eigenvalue weighted by molar-refractivity contribution is 5.91. The molecule has 17 heavy (non-hydrogen) atoms. The molecule has 4 nitrogen and oxygen atoms in total. The number of amides is 1. The molecule has 0 bridgehead atoms. The van der Waals surface area contributed by atoms with Gasteiger partial charge >= 0.3 is 0 Å². The molecule has 0 atom stereocenters. The normalized spacial score (nSPS) is 15.5. The lowest BCUT2D eigenvalue weighted by atomic mass is 10.2. The summed E-state index contributed by atoms with van der Waals surface area (Å²) in [4.78, 5) is 13.4. The van der Waals surface area contributed by atoms with Crippen LogP contribution >= 0.6 is 0 Å². The van der Waals surface area contributed by atoms with Gasteiger partial charge in [-0.2, -0.15) is 0 Å². The van der Waals surface area contributed by atoms with E-state index in [-0.39, 0.29) is 5.91 Å². The molecule has 0 N–H and O–H groups in total. The zero-order valence-electron chi connectivity index (χ0n) is 9.76. The van der Waals surface area contributed by atoms with Crippen molar-refractivity contribution >= 4 is 12.0 Å². The Kier molecular flexibility index (Phi) is 3.77. The topological polar surface area (TPSA) is 38.8 Å². The summed E-state index contributed by atoms with van der Waals surface area (Å²) in [5.41, 5.74) is 0.942. The minimum atomic E-state index is -0.0229. The van der Waals surface area contributed by atoms with Crippen LogP contribution in [-0.2, 0) is 9.53 Å². The third-order valence-electron chi connectivity index (χ3n) is 2.58. The van der Waals surface area contributed by atoms with Crippen molar-refractivity contribution in [2.45, 2.75) is 0 Å². The van der Waals surface area contributed by atoms with Gasteiger partial charge < -0.3 is 14.4 Å². The van der Waals surface area contributed by atoms with Crippen molar-refractivity contribution in [1.82, 2.24) is 4.90 Å². The molecule has 1 saturated heterocycles. The van der Waals surface area contributed by atoms with E-state index < -0.39 is 0 Å². The Balaban J connectivity index is 2.01. The molecule has 0 spiro atoms. The van der Waals surface area contributed by atoms with Gasteiger partial charge in [-0.15, -0.1) is 0 Å². The molecule has 1 aliphatic heterocycles. The van der Waals surface area contributed by atoms with Crippen LogP contribution in [0.4, 0.5) is 0 Å². The highest BCUT2D eigenvalue weighted by atomic mass is 16.5. The quantitative estimate of drug-likeness (QED) is 0.743. The first-order chi connectivity index (χ1) is 8.29. The van der Waals surface area contributed by atoms with Crippen LogP contribution in [0, 0.1) is 0 Å². The Labute approximate surface area is 100 Å². The highest BCUT2D eigenvalue weighted by Crippen LogP contribution is 2.13. The van der Waals surface area contributed by atoms with Crippen molar-refractivity contribution in [1.29, 1.82) is 0 Å². The molecule has 0 aromatic heterocycles. The van der Waals surface area contributed by atoms with Gasteiger partial charge in [0.1, 0.15) is 12.5 Å². The lowest BCUT2D eigenvalue weighted by Gasteiger charge is -2.09. The fourth-order valence-electron chi connectivity index (χ4n) is 1.61. The predicted molar refractivity (Wildman–Crippen MR) is 64.6 cm³/mol. The molecule has 0 aliphatic carbocycles. The van der Waals surface area contributed by atoms with Crippen molar-refractivity contribution in [3.8, 4) is 5.75 Å². The second-order valence-corrected chi connectivity index (χ2v) is 3.75. The van der Waals surface area contributed by atoms with Crippen molar-refractivity contribution < 1.29 is 14.3 Å². The van der Waals surface area contributed by atoms with Crippen molar-refractivity contribution in [3.63, 3.8) is 0 Å². The average molecular weight is 233 g/mol. The van der Waals surface area contributed by atoms with Crippen LogP contribution in [0.5, 0.6) is 5.75 Å². The van der Waals surface area contributed by atoms with Crippen LogP contribution in [0.1, 0.15) is 5.56 Å². The van der Waals surface area contributed by atoms with Gasteiger partial charge in [0, 0.05) is 12.6 Å². The Morgan fingerprint density at radius 3 is 3.12 bits per heavy atom. The number of carbonyl (C=O) groups is 1. The van der Waals surface area contributed by atoms with Gasteiger partial charge in [0.15, 0.2) is 0 Å². The zero-order valence-corrected chi connectivity index (χ0v) is 9.76. The van der Waals surface area contributed by atoms with Gasteiger partial charge in [-0.1, -0.05) is 12.1 Å². The summed E-state index contributed by atoms with van der Waals surface area (Å²) >= 11 is 0. The molecule has 1 amide bonds. The summed E-state index contributed by atoms with van der Waals surface area (Å²) in [5, 5.41) is 0. The minimum absolute atomic E-state index is 0.0229. The number of methoxy groups -OCH3 is 1. The first kappa shape index (κ1) is 11.7.